The van der Waals surface area contributed by atoms with Gasteiger partial charge in [0.15, 0.2) is 0 Å². The average molecular weight is 498 g/mol. The molecule has 10 nitrogen and oxygen atoms in total. The van der Waals surface area contributed by atoms with Crippen LogP contribution in [-0.2, 0) is 19.0 Å². The van der Waals surface area contributed by atoms with E-state index < -0.39 is 5.56 Å². The standard InChI is InChI=1S/C24H24ClN5O5/c1-33-9-10-34-11-12-35-15-21(31)27-19-4-2-3-16(13-19)22-20(14-26)23(32)30-24(29-22)28-18-7-5-17(25)6-8-18/h2-8,13H,9-12,15H2,1H3,(H,27,31)(H2,28,29,30,32). The van der Waals surface area contributed by atoms with Gasteiger partial charge in [0.25, 0.3) is 5.56 Å². The molecule has 11 heteroatoms. The first-order chi connectivity index (χ1) is 17.0. The number of anilines is 3. The largest absolute Gasteiger partial charge is 0.382 e. The SMILES string of the molecule is COCCOCCOCC(=O)Nc1cccc(-c2nc(Nc3ccc(Cl)cc3)[nH]c(=O)c2C#N)c1. The van der Waals surface area contributed by atoms with E-state index in [1.54, 1.807) is 55.6 Å². The number of ether oxygens (including phenoxy) is 3. The Morgan fingerprint density at radius 3 is 2.57 bits per heavy atom. The number of benzene rings is 2. The second-order valence-electron chi connectivity index (χ2n) is 7.17. The molecule has 0 bridgehead atoms. The highest BCUT2D eigenvalue weighted by atomic mass is 35.5. The van der Waals surface area contributed by atoms with Crippen molar-refractivity contribution in [1.29, 1.82) is 5.26 Å². The number of methoxy groups -OCH3 is 1. The molecule has 1 aromatic heterocycles. The number of aromatic amines is 1. The number of amides is 1. The zero-order valence-electron chi connectivity index (χ0n) is 19.0. The van der Waals surface area contributed by atoms with Crippen LogP contribution in [0, 0.1) is 11.3 Å². The molecule has 0 saturated carbocycles. The molecule has 0 radical (unpaired) electrons. The van der Waals surface area contributed by atoms with Gasteiger partial charge >= 0.3 is 0 Å². The lowest BCUT2D eigenvalue weighted by Gasteiger charge is -2.11. The van der Waals surface area contributed by atoms with Gasteiger partial charge in [0.2, 0.25) is 11.9 Å². The molecule has 0 atom stereocenters. The lowest BCUT2D eigenvalue weighted by Crippen LogP contribution is -2.20. The van der Waals surface area contributed by atoms with Crippen molar-refractivity contribution >= 4 is 34.8 Å². The van der Waals surface area contributed by atoms with Gasteiger partial charge in [-0.1, -0.05) is 23.7 Å². The topological polar surface area (TPSA) is 138 Å². The van der Waals surface area contributed by atoms with Crippen LogP contribution in [0.4, 0.5) is 17.3 Å². The molecule has 3 aromatic rings. The van der Waals surface area contributed by atoms with Crippen molar-refractivity contribution in [3.63, 3.8) is 0 Å². The molecular weight excluding hydrogens is 474 g/mol. The van der Waals surface area contributed by atoms with Crippen LogP contribution < -0.4 is 16.2 Å². The minimum absolute atomic E-state index is 0.146. The van der Waals surface area contributed by atoms with E-state index in [0.29, 0.717) is 41.8 Å². The van der Waals surface area contributed by atoms with Crippen LogP contribution in [0.3, 0.4) is 0 Å². The van der Waals surface area contributed by atoms with Gasteiger partial charge in [-0.25, -0.2) is 4.98 Å². The predicted octanol–water partition coefficient (Wildman–Crippen LogP) is 3.32. The number of halogens is 1. The van der Waals surface area contributed by atoms with Crippen molar-refractivity contribution in [2.75, 3.05) is 50.8 Å². The molecule has 3 N–H and O–H groups in total. The second kappa shape index (κ2) is 13.2. The summed E-state index contributed by atoms with van der Waals surface area (Å²) in [6.45, 7) is 1.41. The van der Waals surface area contributed by atoms with Crippen LogP contribution in [0.15, 0.2) is 53.3 Å². The van der Waals surface area contributed by atoms with Gasteiger partial charge in [0.05, 0.1) is 32.1 Å². The van der Waals surface area contributed by atoms with E-state index >= 15 is 0 Å². The number of rotatable bonds is 12. The maximum absolute atomic E-state index is 12.5. The number of aromatic nitrogens is 2. The normalized spacial score (nSPS) is 10.5. The Morgan fingerprint density at radius 2 is 1.83 bits per heavy atom. The van der Waals surface area contributed by atoms with Crippen molar-refractivity contribution in [1.82, 2.24) is 9.97 Å². The van der Waals surface area contributed by atoms with Crippen molar-refractivity contribution in [3.05, 3.63) is 69.5 Å². The lowest BCUT2D eigenvalue weighted by atomic mass is 10.1. The molecule has 35 heavy (non-hydrogen) atoms. The van der Waals surface area contributed by atoms with E-state index in [1.807, 2.05) is 6.07 Å². The summed E-state index contributed by atoms with van der Waals surface area (Å²) in [5, 5.41) is 15.8. The highest BCUT2D eigenvalue weighted by Crippen LogP contribution is 2.24. The Hall–Kier alpha value is -3.75. The van der Waals surface area contributed by atoms with E-state index in [1.165, 1.54) is 0 Å². The van der Waals surface area contributed by atoms with E-state index in [9.17, 15) is 14.9 Å². The molecule has 0 unspecified atom stereocenters. The Kier molecular flexibility index (Phi) is 9.77. The Balaban J connectivity index is 1.70. The maximum atomic E-state index is 12.5. The number of nitrogens with zero attached hydrogens (tertiary/aromatic N) is 2. The van der Waals surface area contributed by atoms with E-state index in [0.717, 1.165) is 0 Å². The number of nitrogens with one attached hydrogen (secondary N) is 3. The summed E-state index contributed by atoms with van der Waals surface area (Å²) < 4.78 is 15.4. The van der Waals surface area contributed by atoms with Crippen molar-refractivity contribution in [3.8, 4) is 17.3 Å². The third-order valence-electron chi connectivity index (χ3n) is 4.59. The molecule has 182 valence electrons. The van der Waals surface area contributed by atoms with Crippen molar-refractivity contribution in [2.45, 2.75) is 0 Å². The smallest absolute Gasteiger partial charge is 0.270 e. The third kappa shape index (κ3) is 7.91. The Bertz CT molecular complexity index is 1240. The molecule has 3 rings (SSSR count). The average Bonchev–Trinajstić information content (AvgIpc) is 2.85. The minimum Gasteiger partial charge on any atom is -0.382 e. The molecule has 1 heterocycles. The van der Waals surface area contributed by atoms with Crippen LogP contribution in [-0.4, -0.2) is 56.0 Å². The van der Waals surface area contributed by atoms with Gasteiger partial charge in [-0.05, 0) is 36.4 Å². The van der Waals surface area contributed by atoms with Crippen molar-refractivity contribution < 1.29 is 19.0 Å². The third-order valence-corrected chi connectivity index (χ3v) is 4.85. The first kappa shape index (κ1) is 25.9. The van der Waals surface area contributed by atoms with Crippen LogP contribution >= 0.6 is 11.6 Å². The first-order valence-electron chi connectivity index (χ1n) is 10.6. The van der Waals surface area contributed by atoms with Gasteiger partial charge in [-0.2, -0.15) is 5.26 Å². The Morgan fingerprint density at radius 1 is 1.09 bits per heavy atom. The highest BCUT2D eigenvalue weighted by Gasteiger charge is 2.14. The number of hydrogen-bond acceptors (Lipinski definition) is 8. The zero-order chi connectivity index (χ0) is 25.0. The summed E-state index contributed by atoms with van der Waals surface area (Å²) >= 11 is 5.91. The molecule has 2 aromatic carbocycles. The second-order valence-corrected chi connectivity index (χ2v) is 7.61. The summed E-state index contributed by atoms with van der Waals surface area (Å²) in [7, 11) is 1.59. The number of nitriles is 1. The molecule has 1 amide bonds. The molecule has 0 aliphatic rings. The van der Waals surface area contributed by atoms with E-state index in [-0.39, 0.29) is 36.3 Å². The summed E-state index contributed by atoms with van der Waals surface area (Å²) in [6.07, 6.45) is 0. The number of H-pyrrole nitrogens is 1. The van der Waals surface area contributed by atoms with Crippen LogP contribution in [0.1, 0.15) is 5.56 Å². The summed E-state index contributed by atoms with van der Waals surface area (Å²) in [5.41, 5.74) is 1.03. The molecule has 0 fully saturated rings. The molecule has 0 saturated heterocycles. The van der Waals surface area contributed by atoms with Gasteiger partial charge in [-0.3, -0.25) is 14.6 Å². The molecular formula is C24H24ClN5O5. The first-order valence-corrected chi connectivity index (χ1v) is 11.0. The van der Waals surface area contributed by atoms with E-state index in [4.69, 9.17) is 25.8 Å². The number of carbonyl (C=O) groups excluding carboxylic acids is 1. The fourth-order valence-electron chi connectivity index (χ4n) is 2.98. The summed E-state index contributed by atoms with van der Waals surface area (Å²) in [4.78, 5) is 31.7. The zero-order valence-corrected chi connectivity index (χ0v) is 19.7. The lowest BCUT2D eigenvalue weighted by molar-refractivity contribution is -0.121. The van der Waals surface area contributed by atoms with Gasteiger partial charge in [0, 0.05) is 29.1 Å². The minimum atomic E-state index is -0.593. The van der Waals surface area contributed by atoms with Crippen LogP contribution in [0.25, 0.3) is 11.3 Å². The van der Waals surface area contributed by atoms with Crippen molar-refractivity contribution in [2.24, 2.45) is 0 Å². The predicted molar refractivity (Wildman–Crippen MR) is 132 cm³/mol. The maximum Gasteiger partial charge on any atom is 0.270 e. The molecule has 0 aliphatic carbocycles. The fraction of sp³-hybridized carbons (Fsp3) is 0.250. The molecule has 0 aliphatic heterocycles. The van der Waals surface area contributed by atoms with E-state index in [2.05, 4.69) is 20.6 Å². The summed E-state index contributed by atoms with van der Waals surface area (Å²) in [5.74, 6) is -0.203. The highest BCUT2D eigenvalue weighted by molar-refractivity contribution is 6.30. The fourth-order valence-corrected chi connectivity index (χ4v) is 3.11. The Labute approximate surface area is 206 Å². The van der Waals surface area contributed by atoms with Gasteiger partial charge in [0.1, 0.15) is 18.2 Å². The monoisotopic (exact) mass is 497 g/mol. The van der Waals surface area contributed by atoms with Crippen LogP contribution in [0.2, 0.25) is 5.02 Å². The van der Waals surface area contributed by atoms with Crippen LogP contribution in [0.5, 0.6) is 0 Å². The summed E-state index contributed by atoms with van der Waals surface area (Å²) in [6, 6.07) is 15.4. The molecule has 0 spiro atoms. The van der Waals surface area contributed by atoms with Gasteiger partial charge in [-0.15, -0.1) is 0 Å². The number of hydrogen-bond donors (Lipinski definition) is 3. The quantitative estimate of drug-likeness (QED) is 0.324. The van der Waals surface area contributed by atoms with Gasteiger partial charge < -0.3 is 24.8 Å². The number of carbonyl (C=O) groups is 1.